The fourth-order valence-corrected chi connectivity index (χ4v) is 4.66. The van der Waals surface area contributed by atoms with Gasteiger partial charge in [0, 0.05) is 42.0 Å². The van der Waals surface area contributed by atoms with Gasteiger partial charge < -0.3 is 9.64 Å². The maximum absolute atomic E-state index is 12.0. The van der Waals surface area contributed by atoms with E-state index in [9.17, 15) is 14.9 Å². The zero-order valence-electron chi connectivity index (χ0n) is 14.8. The summed E-state index contributed by atoms with van der Waals surface area (Å²) >= 11 is 10.1. The monoisotopic (exact) mass is 576 g/mol. The van der Waals surface area contributed by atoms with Gasteiger partial charge in [-0.1, -0.05) is 15.9 Å². The fraction of sp³-hybridized carbons (Fsp3) is 0.176. The number of benzene rings is 2. The lowest BCUT2D eigenvalue weighted by Crippen LogP contribution is -2.25. The Bertz CT molecular complexity index is 912. The summed E-state index contributed by atoms with van der Waals surface area (Å²) in [4.78, 5) is 24.2. The molecular formula is C17H15Br3N4O4. The van der Waals surface area contributed by atoms with Crippen LogP contribution in [0.25, 0.3) is 0 Å². The van der Waals surface area contributed by atoms with Crippen LogP contribution in [0.4, 0.5) is 11.4 Å². The number of hydrogen-bond donors (Lipinski definition) is 1. The highest BCUT2D eigenvalue weighted by atomic mass is 79.9. The van der Waals surface area contributed by atoms with Gasteiger partial charge in [-0.2, -0.15) is 5.10 Å². The van der Waals surface area contributed by atoms with Crippen molar-refractivity contribution in [1.82, 2.24) is 5.43 Å². The molecule has 2 aromatic rings. The summed E-state index contributed by atoms with van der Waals surface area (Å²) in [7, 11) is 3.61. The Balaban J connectivity index is 2.04. The number of nitrogens with zero attached hydrogens (tertiary/aromatic N) is 3. The molecule has 0 aromatic heterocycles. The van der Waals surface area contributed by atoms with Crippen LogP contribution in [0.3, 0.4) is 0 Å². The first-order chi connectivity index (χ1) is 13.2. The number of carbonyl (C=O) groups is 1. The van der Waals surface area contributed by atoms with Crippen LogP contribution in [0, 0.1) is 10.1 Å². The van der Waals surface area contributed by atoms with Gasteiger partial charge >= 0.3 is 0 Å². The number of nitrogens with one attached hydrogen (secondary N) is 1. The number of nitro groups is 1. The van der Waals surface area contributed by atoms with E-state index in [1.54, 1.807) is 37.2 Å². The number of carbonyl (C=O) groups excluding carboxylic acids is 1. The fourth-order valence-electron chi connectivity index (χ4n) is 2.18. The Hall–Kier alpha value is -1.98. The third kappa shape index (κ3) is 6.01. The molecule has 8 nitrogen and oxygen atoms in total. The van der Waals surface area contributed by atoms with Crippen LogP contribution in [0.1, 0.15) is 5.56 Å². The first kappa shape index (κ1) is 22.3. The Labute approximate surface area is 186 Å². The molecule has 0 fully saturated rings. The zero-order chi connectivity index (χ0) is 20.8. The highest BCUT2D eigenvalue weighted by Crippen LogP contribution is 2.36. The molecule has 1 N–H and O–H groups in total. The highest BCUT2D eigenvalue weighted by Gasteiger charge is 2.12. The van der Waals surface area contributed by atoms with E-state index in [2.05, 4.69) is 58.3 Å². The molecule has 0 aliphatic rings. The Morgan fingerprint density at radius 1 is 1.25 bits per heavy atom. The number of rotatable bonds is 7. The summed E-state index contributed by atoms with van der Waals surface area (Å²) in [6.45, 7) is -0.258. The van der Waals surface area contributed by atoms with Crippen molar-refractivity contribution in [2.45, 2.75) is 0 Å². The van der Waals surface area contributed by atoms with Gasteiger partial charge in [0.15, 0.2) is 6.61 Å². The SMILES string of the molecule is CN(C)c1ccc([N+](=O)[O-])cc1/C=N/NC(=O)COc1c(Br)cc(Br)cc1Br. The number of non-ortho nitro benzene ring substituents is 1. The summed E-state index contributed by atoms with van der Waals surface area (Å²) in [5.41, 5.74) is 3.50. The molecule has 0 saturated carbocycles. The lowest BCUT2D eigenvalue weighted by molar-refractivity contribution is -0.384. The van der Waals surface area contributed by atoms with Crippen molar-refractivity contribution in [3.05, 3.63) is 59.4 Å². The Morgan fingerprint density at radius 3 is 2.46 bits per heavy atom. The molecule has 1 amide bonds. The van der Waals surface area contributed by atoms with Gasteiger partial charge in [-0.25, -0.2) is 5.43 Å². The summed E-state index contributed by atoms with van der Waals surface area (Å²) in [5.74, 6) is 0.00529. The van der Waals surface area contributed by atoms with Gasteiger partial charge in [-0.15, -0.1) is 0 Å². The number of hydrogen-bond acceptors (Lipinski definition) is 6. The lowest BCUT2D eigenvalue weighted by atomic mass is 10.1. The summed E-state index contributed by atoms with van der Waals surface area (Å²) in [6.07, 6.45) is 1.35. The topological polar surface area (TPSA) is 97.1 Å². The van der Waals surface area contributed by atoms with Crippen LogP contribution in [-0.2, 0) is 4.79 Å². The Morgan fingerprint density at radius 2 is 1.89 bits per heavy atom. The van der Waals surface area contributed by atoms with Crippen LogP contribution < -0.4 is 15.1 Å². The number of anilines is 1. The molecule has 0 unspecified atom stereocenters. The second-order valence-electron chi connectivity index (χ2n) is 5.68. The first-order valence-corrected chi connectivity index (χ1v) is 10.1. The standard InChI is InChI=1S/C17H15Br3N4O4/c1-23(2)15-4-3-12(24(26)27)5-10(15)8-21-22-16(25)9-28-17-13(19)6-11(18)7-14(17)20/h3-8H,9H2,1-2H3,(H,22,25)/b21-8+. The van der Waals surface area contributed by atoms with E-state index in [1.807, 2.05) is 0 Å². The van der Waals surface area contributed by atoms with Gasteiger partial charge in [0.1, 0.15) is 5.75 Å². The van der Waals surface area contributed by atoms with E-state index in [0.717, 1.165) is 10.2 Å². The third-order valence-corrected chi connectivity index (χ3v) is 5.04. The molecule has 11 heteroatoms. The molecular weight excluding hydrogens is 564 g/mol. The van der Waals surface area contributed by atoms with Crippen LogP contribution >= 0.6 is 47.8 Å². The van der Waals surface area contributed by atoms with Crippen molar-refractivity contribution in [2.24, 2.45) is 5.10 Å². The number of hydrazone groups is 1. The molecule has 0 radical (unpaired) electrons. The molecule has 0 heterocycles. The first-order valence-electron chi connectivity index (χ1n) is 7.74. The minimum Gasteiger partial charge on any atom is -0.481 e. The van der Waals surface area contributed by atoms with Crippen molar-refractivity contribution in [3.8, 4) is 5.75 Å². The number of halogens is 3. The third-order valence-electron chi connectivity index (χ3n) is 3.41. The van der Waals surface area contributed by atoms with Crippen molar-refractivity contribution in [2.75, 3.05) is 25.6 Å². The molecule has 0 spiro atoms. The van der Waals surface area contributed by atoms with E-state index in [4.69, 9.17) is 4.74 Å². The summed E-state index contributed by atoms with van der Waals surface area (Å²) in [6, 6.07) is 8.00. The maximum atomic E-state index is 12.0. The molecule has 0 atom stereocenters. The number of amides is 1. The molecule has 148 valence electrons. The highest BCUT2D eigenvalue weighted by molar-refractivity contribution is 9.11. The van der Waals surface area contributed by atoms with Gasteiger partial charge in [0.25, 0.3) is 11.6 Å². The van der Waals surface area contributed by atoms with Crippen LogP contribution in [-0.4, -0.2) is 37.7 Å². The lowest BCUT2D eigenvalue weighted by Gasteiger charge is -2.15. The van der Waals surface area contributed by atoms with Gasteiger partial charge in [0.05, 0.1) is 20.1 Å². The Kier molecular flexibility index (Phi) is 7.96. The summed E-state index contributed by atoms with van der Waals surface area (Å²) < 4.78 is 7.71. The molecule has 2 rings (SSSR count). The van der Waals surface area contributed by atoms with E-state index in [-0.39, 0.29) is 12.3 Å². The molecule has 0 saturated heterocycles. The minimum absolute atomic E-state index is 0.0633. The molecule has 0 aliphatic heterocycles. The van der Waals surface area contributed by atoms with E-state index < -0.39 is 10.8 Å². The number of nitro benzene ring substituents is 1. The number of ether oxygens (including phenoxy) is 1. The minimum atomic E-state index is -0.489. The molecule has 2 aromatic carbocycles. The van der Waals surface area contributed by atoms with Gasteiger partial charge in [-0.05, 0) is 50.1 Å². The molecule has 0 bridgehead atoms. The van der Waals surface area contributed by atoms with Gasteiger partial charge in [-0.3, -0.25) is 14.9 Å². The van der Waals surface area contributed by atoms with Gasteiger partial charge in [0.2, 0.25) is 0 Å². The van der Waals surface area contributed by atoms with Crippen molar-refractivity contribution in [3.63, 3.8) is 0 Å². The predicted octanol–water partition coefficient (Wildman–Crippen LogP) is 4.48. The summed E-state index contributed by atoms with van der Waals surface area (Å²) in [5, 5.41) is 14.8. The predicted molar refractivity (Wildman–Crippen MR) is 118 cm³/mol. The second-order valence-corrected chi connectivity index (χ2v) is 8.30. The van der Waals surface area contributed by atoms with Crippen molar-refractivity contribution >= 4 is 71.3 Å². The maximum Gasteiger partial charge on any atom is 0.277 e. The van der Waals surface area contributed by atoms with E-state index >= 15 is 0 Å². The van der Waals surface area contributed by atoms with E-state index in [1.165, 1.54) is 18.3 Å². The van der Waals surface area contributed by atoms with Crippen LogP contribution in [0.15, 0.2) is 48.9 Å². The average Bonchev–Trinajstić information content (AvgIpc) is 2.60. The van der Waals surface area contributed by atoms with E-state index in [0.29, 0.717) is 20.3 Å². The normalized spacial score (nSPS) is 10.8. The smallest absolute Gasteiger partial charge is 0.277 e. The van der Waals surface area contributed by atoms with Crippen LogP contribution in [0.2, 0.25) is 0 Å². The van der Waals surface area contributed by atoms with Crippen LogP contribution in [0.5, 0.6) is 5.75 Å². The second kappa shape index (κ2) is 9.99. The molecule has 0 aliphatic carbocycles. The van der Waals surface area contributed by atoms with Crippen molar-refractivity contribution in [1.29, 1.82) is 0 Å². The molecule has 28 heavy (non-hydrogen) atoms. The zero-order valence-corrected chi connectivity index (χ0v) is 19.5. The quantitative estimate of drug-likeness (QED) is 0.297. The largest absolute Gasteiger partial charge is 0.481 e. The van der Waals surface area contributed by atoms with Crippen molar-refractivity contribution < 1.29 is 14.5 Å². The average molecular weight is 579 g/mol.